The fraction of sp³-hybridized carbons (Fsp3) is 0.800. The molecule has 5 nitrogen and oxygen atoms in total. The van der Waals surface area contributed by atoms with E-state index in [0.29, 0.717) is 5.92 Å². The minimum atomic E-state index is -0.800. The van der Waals surface area contributed by atoms with Gasteiger partial charge in [-0.15, -0.1) is 0 Å². The summed E-state index contributed by atoms with van der Waals surface area (Å²) in [6, 6.07) is 0.00792. The average Bonchev–Trinajstić information content (AvgIpc) is 2.15. The molecular weight excluding hydrogens is 194 g/mol. The molecule has 0 spiro atoms. The Kier molecular flexibility index (Phi) is 6.70. The zero-order valence-electron chi connectivity index (χ0n) is 9.67. The molecule has 0 bridgehead atoms. The monoisotopic (exact) mass is 215 g/mol. The van der Waals surface area contributed by atoms with Gasteiger partial charge in [0.1, 0.15) is 0 Å². The molecule has 88 valence electrons. The first-order valence-corrected chi connectivity index (χ1v) is 5.28. The van der Waals surface area contributed by atoms with E-state index in [2.05, 4.69) is 19.2 Å². The molecule has 0 fully saturated rings. The maximum atomic E-state index is 11.1. The van der Waals surface area contributed by atoms with Crippen molar-refractivity contribution in [1.29, 1.82) is 0 Å². The Morgan fingerprint density at radius 1 is 1.13 bits per heavy atom. The predicted octanol–water partition coefficient (Wildman–Crippen LogP) is 0.307. The standard InChI is InChI=1S/C10H21N3O2/c1-7(2)5-4-6-8(3)12-9(14)10(15)13-11/h7-8H,4-6,11H2,1-3H3,(H,12,14)(H,13,15). The molecular formula is C10H21N3O2. The van der Waals surface area contributed by atoms with Crippen LogP contribution in [0.3, 0.4) is 0 Å². The van der Waals surface area contributed by atoms with Gasteiger partial charge in [-0.3, -0.25) is 15.0 Å². The quantitative estimate of drug-likeness (QED) is 0.267. The highest BCUT2D eigenvalue weighted by Crippen LogP contribution is 2.07. The van der Waals surface area contributed by atoms with Gasteiger partial charge in [0.15, 0.2) is 0 Å². The molecule has 0 aromatic carbocycles. The maximum Gasteiger partial charge on any atom is 0.323 e. The van der Waals surface area contributed by atoms with E-state index in [1.807, 2.05) is 6.92 Å². The summed E-state index contributed by atoms with van der Waals surface area (Å²) in [6.45, 7) is 6.19. The van der Waals surface area contributed by atoms with Crippen LogP contribution in [0.25, 0.3) is 0 Å². The molecule has 4 N–H and O–H groups in total. The molecule has 0 aromatic rings. The van der Waals surface area contributed by atoms with E-state index < -0.39 is 11.8 Å². The van der Waals surface area contributed by atoms with Crippen molar-refractivity contribution in [1.82, 2.24) is 10.7 Å². The number of nitrogens with two attached hydrogens (primary N) is 1. The highest BCUT2D eigenvalue weighted by atomic mass is 16.2. The van der Waals surface area contributed by atoms with Crippen molar-refractivity contribution >= 4 is 11.8 Å². The lowest BCUT2D eigenvalue weighted by Gasteiger charge is -2.13. The number of hydrazine groups is 1. The SMILES string of the molecule is CC(C)CCCC(C)NC(=O)C(=O)NN. The second kappa shape index (κ2) is 7.23. The number of rotatable bonds is 5. The lowest BCUT2D eigenvalue weighted by molar-refractivity contribution is -0.139. The summed E-state index contributed by atoms with van der Waals surface area (Å²) >= 11 is 0. The predicted molar refractivity (Wildman–Crippen MR) is 58.6 cm³/mol. The van der Waals surface area contributed by atoms with Crippen molar-refractivity contribution in [3.05, 3.63) is 0 Å². The number of carbonyl (C=O) groups excluding carboxylic acids is 2. The van der Waals surface area contributed by atoms with Crippen molar-refractivity contribution < 1.29 is 9.59 Å². The summed E-state index contributed by atoms with van der Waals surface area (Å²) in [5, 5.41) is 2.57. The average molecular weight is 215 g/mol. The topological polar surface area (TPSA) is 84.2 Å². The van der Waals surface area contributed by atoms with Crippen molar-refractivity contribution in [2.75, 3.05) is 0 Å². The van der Waals surface area contributed by atoms with Gasteiger partial charge in [-0.05, 0) is 19.3 Å². The van der Waals surface area contributed by atoms with E-state index in [1.54, 1.807) is 5.43 Å². The molecule has 0 aliphatic rings. The van der Waals surface area contributed by atoms with E-state index in [1.165, 1.54) is 0 Å². The van der Waals surface area contributed by atoms with Crippen LogP contribution in [0.15, 0.2) is 0 Å². The van der Waals surface area contributed by atoms with Gasteiger partial charge in [-0.25, -0.2) is 5.84 Å². The van der Waals surface area contributed by atoms with Gasteiger partial charge in [-0.1, -0.05) is 26.7 Å². The molecule has 0 saturated carbocycles. The first-order valence-electron chi connectivity index (χ1n) is 5.28. The lowest BCUT2D eigenvalue weighted by Crippen LogP contribution is -2.46. The lowest BCUT2D eigenvalue weighted by atomic mass is 10.0. The van der Waals surface area contributed by atoms with E-state index in [-0.39, 0.29) is 6.04 Å². The zero-order valence-corrected chi connectivity index (χ0v) is 9.67. The Bertz CT molecular complexity index is 217. The Hall–Kier alpha value is -1.10. The van der Waals surface area contributed by atoms with E-state index in [4.69, 9.17) is 5.84 Å². The highest BCUT2D eigenvalue weighted by Gasteiger charge is 2.14. The van der Waals surface area contributed by atoms with Crippen LogP contribution in [-0.2, 0) is 9.59 Å². The third kappa shape index (κ3) is 6.90. The smallest absolute Gasteiger partial charge is 0.323 e. The maximum absolute atomic E-state index is 11.1. The van der Waals surface area contributed by atoms with Crippen molar-refractivity contribution in [2.45, 2.75) is 46.1 Å². The van der Waals surface area contributed by atoms with Crippen LogP contribution in [0.1, 0.15) is 40.0 Å². The van der Waals surface area contributed by atoms with Gasteiger partial charge in [-0.2, -0.15) is 0 Å². The summed E-state index contributed by atoms with van der Waals surface area (Å²) in [7, 11) is 0. The van der Waals surface area contributed by atoms with Crippen LogP contribution < -0.4 is 16.6 Å². The van der Waals surface area contributed by atoms with Crippen LogP contribution >= 0.6 is 0 Å². The summed E-state index contributed by atoms with van der Waals surface area (Å²) in [4.78, 5) is 21.9. The Balaban J connectivity index is 3.69. The van der Waals surface area contributed by atoms with Crippen LogP contribution in [0.5, 0.6) is 0 Å². The molecule has 0 radical (unpaired) electrons. The third-order valence-electron chi connectivity index (χ3n) is 2.13. The van der Waals surface area contributed by atoms with Gasteiger partial charge in [0, 0.05) is 6.04 Å². The fourth-order valence-electron chi connectivity index (χ4n) is 1.26. The largest absolute Gasteiger partial charge is 0.345 e. The highest BCUT2D eigenvalue weighted by molar-refractivity contribution is 6.34. The van der Waals surface area contributed by atoms with Gasteiger partial charge >= 0.3 is 11.8 Å². The van der Waals surface area contributed by atoms with Crippen molar-refractivity contribution in [3.63, 3.8) is 0 Å². The second-order valence-corrected chi connectivity index (χ2v) is 4.17. The van der Waals surface area contributed by atoms with Crippen LogP contribution in [0, 0.1) is 5.92 Å². The molecule has 1 atom stereocenters. The molecule has 0 heterocycles. The first-order chi connectivity index (χ1) is 6.97. The molecule has 0 aliphatic heterocycles. The molecule has 1 unspecified atom stereocenters. The van der Waals surface area contributed by atoms with Crippen molar-refractivity contribution in [2.24, 2.45) is 11.8 Å². The molecule has 0 aromatic heterocycles. The number of amides is 2. The van der Waals surface area contributed by atoms with Gasteiger partial charge in [0.2, 0.25) is 0 Å². The summed E-state index contributed by atoms with van der Waals surface area (Å²) in [5.41, 5.74) is 1.79. The molecule has 15 heavy (non-hydrogen) atoms. The van der Waals surface area contributed by atoms with Crippen molar-refractivity contribution in [3.8, 4) is 0 Å². The fourth-order valence-corrected chi connectivity index (χ4v) is 1.26. The minimum absolute atomic E-state index is 0.00792. The number of carbonyl (C=O) groups is 2. The normalized spacial score (nSPS) is 12.3. The Morgan fingerprint density at radius 3 is 2.20 bits per heavy atom. The molecule has 0 saturated heterocycles. The van der Waals surface area contributed by atoms with E-state index in [0.717, 1.165) is 19.3 Å². The minimum Gasteiger partial charge on any atom is -0.345 e. The summed E-state index contributed by atoms with van der Waals surface area (Å²) in [6.07, 6.45) is 3.05. The Morgan fingerprint density at radius 2 is 1.73 bits per heavy atom. The number of hydrogen-bond donors (Lipinski definition) is 3. The molecule has 2 amide bonds. The summed E-state index contributed by atoms with van der Waals surface area (Å²) < 4.78 is 0. The van der Waals surface area contributed by atoms with Gasteiger partial charge in [0.25, 0.3) is 0 Å². The van der Waals surface area contributed by atoms with Crippen LogP contribution in [0.2, 0.25) is 0 Å². The third-order valence-corrected chi connectivity index (χ3v) is 2.13. The Labute approximate surface area is 90.8 Å². The zero-order chi connectivity index (χ0) is 11.8. The van der Waals surface area contributed by atoms with Gasteiger partial charge < -0.3 is 5.32 Å². The number of nitrogens with one attached hydrogen (secondary N) is 2. The molecule has 0 aliphatic carbocycles. The number of hydrogen-bond acceptors (Lipinski definition) is 3. The van der Waals surface area contributed by atoms with E-state index in [9.17, 15) is 9.59 Å². The van der Waals surface area contributed by atoms with Crippen LogP contribution in [-0.4, -0.2) is 17.9 Å². The van der Waals surface area contributed by atoms with E-state index >= 15 is 0 Å². The van der Waals surface area contributed by atoms with Crippen LogP contribution in [0.4, 0.5) is 0 Å². The summed E-state index contributed by atoms with van der Waals surface area (Å²) in [5.74, 6) is 4.02. The first kappa shape index (κ1) is 13.9. The molecule has 0 rings (SSSR count). The van der Waals surface area contributed by atoms with Gasteiger partial charge in [0.05, 0.1) is 0 Å². The molecule has 5 heteroatoms. The second-order valence-electron chi connectivity index (χ2n) is 4.17.